The van der Waals surface area contributed by atoms with E-state index in [-0.39, 0.29) is 41.0 Å². The van der Waals surface area contributed by atoms with Crippen LogP contribution in [-0.2, 0) is 21.8 Å². The predicted molar refractivity (Wildman–Crippen MR) is 109 cm³/mol. The Hall–Kier alpha value is -0.850. The van der Waals surface area contributed by atoms with Crippen LogP contribution in [0.3, 0.4) is 0 Å². The van der Waals surface area contributed by atoms with E-state index in [1.54, 1.807) is 37.1 Å². The van der Waals surface area contributed by atoms with Crippen molar-refractivity contribution < 1.29 is 13.2 Å². The molecule has 0 saturated carbocycles. The second-order valence-corrected chi connectivity index (χ2v) is 7.93. The Balaban J connectivity index is 0.00000312. The third-order valence-electron chi connectivity index (χ3n) is 3.98. The van der Waals surface area contributed by atoms with Gasteiger partial charge >= 0.3 is 0 Å². The minimum absolute atomic E-state index is 0. The number of nitrogens with zero attached hydrogens (tertiary/aromatic N) is 2. The van der Waals surface area contributed by atoms with Crippen molar-refractivity contribution in [2.75, 3.05) is 33.3 Å². The van der Waals surface area contributed by atoms with E-state index in [1.165, 1.54) is 0 Å². The number of aryl methyl sites for hydroxylation is 1. The lowest BCUT2D eigenvalue weighted by Crippen LogP contribution is -2.47. The van der Waals surface area contributed by atoms with E-state index in [1.807, 2.05) is 0 Å². The van der Waals surface area contributed by atoms with E-state index in [2.05, 4.69) is 27.3 Å². The molecule has 25 heavy (non-hydrogen) atoms. The van der Waals surface area contributed by atoms with Crippen molar-refractivity contribution >= 4 is 40.0 Å². The zero-order valence-corrected chi connectivity index (χ0v) is 18.1. The number of nitrogens with one attached hydrogen (secondary N) is 3. The summed E-state index contributed by atoms with van der Waals surface area (Å²) >= 11 is 0. The lowest BCUT2D eigenvalue weighted by molar-refractivity contribution is 0.0243. The molecule has 0 spiro atoms. The fourth-order valence-corrected chi connectivity index (χ4v) is 3.64. The Morgan fingerprint density at radius 1 is 1.40 bits per heavy atom. The summed E-state index contributed by atoms with van der Waals surface area (Å²) in [6, 6.07) is 1.57. The highest BCUT2D eigenvalue weighted by atomic mass is 127. The fraction of sp³-hybridized carbons (Fsp3) is 0.667. The van der Waals surface area contributed by atoms with Crippen molar-refractivity contribution in [2.24, 2.45) is 12.0 Å². The lowest BCUT2D eigenvalue weighted by atomic mass is 10.0. The summed E-state index contributed by atoms with van der Waals surface area (Å²) in [6.45, 7) is 4.25. The molecule has 1 atom stereocenters. The van der Waals surface area contributed by atoms with Gasteiger partial charge in [-0.25, -0.2) is 13.1 Å². The van der Waals surface area contributed by atoms with Crippen LogP contribution in [0.15, 0.2) is 28.3 Å². The summed E-state index contributed by atoms with van der Waals surface area (Å²) in [5, 5.41) is 6.31. The number of sulfonamides is 1. The molecule has 1 aromatic heterocycles. The minimum Gasteiger partial charge on any atom is -0.373 e. The number of aliphatic imine (C=N–C) groups is 1. The van der Waals surface area contributed by atoms with Crippen molar-refractivity contribution in [2.45, 2.75) is 30.3 Å². The highest BCUT2D eigenvalue weighted by Crippen LogP contribution is 2.23. The Labute approximate surface area is 166 Å². The summed E-state index contributed by atoms with van der Waals surface area (Å²) in [7, 11) is -0.00600. The maximum atomic E-state index is 12.1. The standard InChI is InChI=1S/C15H27N5O3S.HI/c1-15(6-4-10-23-15)12-18-14(16-2)17-7-8-19-24(21,22)13-5-9-20(3)11-13;/h5,9,11,19H,4,6-8,10,12H2,1-3H3,(H2,16,17,18);1H. The number of ether oxygens (including phenoxy) is 1. The van der Waals surface area contributed by atoms with Gasteiger partial charge in [-0.05, 0) is 25.8 Å². The molecule has 10 heteroatoms. The quantitative estimate of drug-likeness (QED) is 0.228. The van der Waals surface area contributed by atoms with Crippen molar-refractivity contribution in [3.8, 4) is 0 Å². The predicted octanol–water partition coefficient (Wildman–Crippen LogP) is 0.656. The summed E-state index contributed by atoms with van der Waals surface area (Å²) in [4.78, 5) is 4.40. The summed E-state index contributed by atoms with van der Waals surface area (Å²) < 4.78 is 34.2. The average Bonchev–Trinajstić information content (AvgIpc) is 3.16. The molecule has 8 nitrogen and oxygen atoms in total. The van der Waals surface area contributed by atoms with Crippen LogP contribution in [0.5, 0.6) is 0 Å². The molecule has 2 rings (SSSR count). The number of hydrogen-bond donors (Lipinski definition) is 3. The molecule has 144 valence electrons. The van der Waals surface area contributed by atoms with Crippen molar-refractivity contribution in [3.05, 3.63) is 18.5 Å². The van der Waals surface area contributed by atoms with Gasteiger partial charge in [-0.3, -0.25) is 4.99 Å². The van der Waals surface area contributed by atoms with Gasteiger partial charge in [0.25, 0.3) is 0 Å². The number of aromatic nitrogens is 1. The highest BCUT2D eigenvalue weighted by Gasteiger charge is 2.29. The molecule has 1 fully saturated rings. The van der Waals surface area contributed by atoms with E-state index >= 15 is 0 Å². The van der Waals surface area contributed by atoms with Gasteiger partial charge in [-0.1, -0.05) is 0 Å². The molecule has 1 saturated heterocycles. The molecule has 2 heterocycles. The van der Waals surface area contributed by atoms with Crippen LogP contribution in [0.4, 0.5) is 0 Å². The number of rotatable bonds is 7. The summed E-state index contributed by atoms with van der Waals surface area (Å²) in [5.74, 6) is 0.630. The summed E-state index contributed by atoms with van der Waals surface area (Å²) in [6.07, 6.45) is 5.36. The van der Waals surface area contributed by atoms with Crippen molar-refractivity contribution in [3.63, 3.8) is 0 Å². The van der Waals surface area contributed by atoms with Crippen molar-refractivity contribution in [1.29, 1.82) is 0 Å². The largest absolute Gasteiger partial charge is 0.373 e. The van der Waals surface area contributed by atoms with E-state index in [4.69, 9.17) is 4.74 Å². The van der Waals surface area contributed by atoms with Gasteiger partial charge in [0.1, 0.15) is 0 Å². The van der Waals surface area contributed by atoms with E-state index in [0.717, 1.165) is 19.4 Å². The van der Waals surface area contributed by atoms with Crippen LogP contribution < -0.4 is 15.4 Å². The molecule has 0 radical (unpaired) electrons. The smallest absolute Gasteiger partial charge is 0.242 e. The number of guanidine groups is 1. The van der Waals surface area contributed by atoms with Crippen LogP contribution in [0, 0.1) is 0 Å². The minimum atomic E-state index is -3.47. The van der Waals surface area contributed by atoms with Crippen LogP contribution in [0.1, 0.15) is 19.8 Å². The van der Waals surface area contributed by atoms with Crippen LogP contribution >= 0.6 is 24.0 Å². The normalized spacial score (nSPS) is 21.0. The first-order valence-corrected chi connectivity index (χ1v) is 9.53. The molecule has 3 N–H and O–H groups in total. The zero-order chi connectivity index (χ0) is 17.6. The first-order chi connectivity index (χ1) is 11.3. The highest BCUT2D eigenvalue weighted by molar-refractivity contribution is 14.0. The molecule has 1 aliphatic rings. The molecule has 1 unspecified atom stereocenters. The maximum Gasteiger partial charge on any atom is 0.242 e. The first-order valence-electron chi connectivity index (χ1n) is 8.05. The van der Waals surface area contributed by atoms with Gasteiger partial charge in [0.05, 0.1) is 10.5 Å². The molecule has 0 amide bonds. The topological polar surface area (TPSA) is 96.8 Å². The average molecular weight is 485 g/mol. The third-order valence-corrected chi connectivity index (χ3v) is 5.42. The van der Waals surface area contributed by atoms with E-state index in [0.29, 0.717) is 19.0 Å². The summed E-state index contributed by atoms with van der Waals surface area (Å²) in [5.41, 5.74) is -0.160. The van der Waals surface area contributed by atoms with E-state index < -0.39 is 10.0 Å². The Bertz CT molecular complexity index is 668. The molecule has 1 aliphatic heterocycles. The molecule has 0 bridgehead atoms. The van der Waals surface area contributed by atoms with Gasteiger partial charge in [0, 0.05) is 52.7 Å². The second-order valence-electron chi connectivity index (χ2n) is 6.16. The van der Waals surface area contributed by atoms with Gasteiger partial charge in [0.15, 0.2) is 5.96 Å². The van der Waals surface area contributed by atoms with Crippen LogP contribution in [0.25, 0.3) is 0 Å². The lowest BCUT2D eigenvalue weighted by Gasteiger charge is -2.24. The maximum absolute atomic E-state index is 12.1. The third kappa shape index (κ3) is 6.76. The molecular weight excluding hydrogens is 457 g/mol. The van der Waals surface area contributed by atoms with Crippen molar-refractivity contribution in [1.82, 2.24) is 19.9 Å². The van der Waals surface area contributed by atoms with Gasteiger partial charge in [-0.2, -0.15) is 0 Å². The number of halogens is 1. The Morgan fingerprint density at radius 2 is 2.16 bits per heavy atom. The molecule has 0 aliphatic carbocycles. The molecule has 0 aromatic carbocycles. The van der Waals surface area contributed by atoms with Gasteiger partial charge in [-0.15, -0.1) is 24.0 Å². The fourth-order valence-electron chi connectivity index (χ4n) is 2.55. The van der Waals surface area contributed by atoms with Crippen LogP contribution in [0.2, 0.25) is 0 Å². The Kier molecular flexibility index (Phi) is 8.64. The Morgan fingerprint density at radius 3 is 2.72 bits per heavy atom. The monoisotopic (exact) mass is 485 g/mol. The second kappa shape index (κ2) is 9.74. The van der Waals surface area contributed by atoms with Gasteiger partial charge < -0.3 is 19.9 Å². The van der Waals surface area contributed by atoms with Crippen LogP contribution in [-0.4, -0.2) is 57.8 Å². The van der Waals surface area contributed by atoms with E-state index in [9.17, 15) is 8.42 Å². The first kappa shape index (κ1) is 22.2. The molecular formula is C15H28IN5O3S. The van der Waals surface area contributed by atoms with Gasteiger partial charge in [0.2, 0.25) is 10.0 Å². The SMILES string of the molecule is CN=C(NCCNS(=O)(=O)c1ccn(C)c1)NCC1(C)CCCO1.I. The number of hydrogen-bond acceptors (Lipinski definition) is 4. The zero-order valence-electron chi connectivity index (χ0n) is 14.9. The molecule has 1 aromatic rings.